The van der Waals surface area contributed by atoms with Gasteiger partial charge in [0.25, 0.3) is 0 Å². The van der Waals surface area contributed by atoms with Gasteiger partial charge in [0.1, 0.15) is 0 Å². The lowest BCUT2D eigenvalue weighted by atomic mass is 10.2. The quantitative estimate of drug-likeness (QED) is 0.677. The van der Waals surface area contributed by atoms with E-state index < -0.39 is 11.9 Å². The number of amides is 3. The normalized spacial score (nSPS) is 11.7. The number of rotatable bonds is 7. The number of anilines is 2. The molecule has 0 saturated heterocycles. The number of nitrogens with zero attached hydrogens (tertiary/aromatic N) is 1. The summed E-state index contributed by atoms with van der Waals surface area (Å²) >= 11 is 6.02. The van der Waals surface area contributed by atoms with Crippen LogP contribution < -0.4 is 16.4 Å². The molecule has 2 rings (SSSR count). The molecule has 142 valence electrons. The molecule has 0 aliphatic rings. The Bertz CT molecular complexity index is 839. The topological polar surface area (TPSA) is 105 Å². The molecular weight excluding hydrogens is 368 g/mol. The summed E-state index contributed by atoms with van der Waals surface area (Å²) in [6.07, 6.45) is 0. The SMILES string of the molecule is C[C@H](C(=O)Nc1ccc(C(N)=O)cc1)N(C)CC(=O)Nc1ccccc1Cl. The zero-order chi connectivity index (χ0) is 20.0. The molecule has 0 unspecified atom stereocenters. The van der Waals surface area contributed by atoms with Crippen molar-refractivity contribution in [2.45, 2.75) is 13.0 Å². The monoisotopic (exact) mass is 388 g/mol. The van der Waals surface area contributed by atoms with Gasteiger partial charge in [-0.15, -0.1) is 0 Å². The molecule has 7 nitrogen and oxygen atoms in total. The third-order valence-electron chi connectivity index (χ3n) is 4.02. The first kappa shape index (κ1) is 20.4. The minimum Gasteiger partial charge on any atom is -0.366 e. The van der Waals surface area contributed by atoms with Crippen LogP contribution in [-0.2, 0) is 9.59 Å². The Kier molecular flexibility index (Phi) is 6.92. The fourth-order valence-electron chi connectivity index (χ4n) is 2.28. The van der Waals surface area contributed by atoms with Crippen LogP contribution in [0.25, 0.3) is 0 Å². The second kappa shape index (κ2) is 9.16. The molecule has 0 spiro atoms. The molecule has 4 N–H and O–H groups in total. The van der Waals surface area contributed by atoms with Crippen molar-refractivity contribution in [1.29, 1.82) is 0 Å². The van der Waals surface area contributed by atoms with E-state index in [4.69, 9.17) is 17.3 Å². The fourth-order valence-corrected chi connectivity index (χ4v) is 2.46. The number of para-hydroxylation sites is 1. The number of carbonyl (C=O) groups is 3. The Labute approximate surface area is 162 Å². The average Bonchev–Trinajstić information content (AvgIpc) is 2.63. The minimum absolute atomic E-state index is 0.0143. The molecule has 2 aromatic rings. The predicted octanol–water partition coefficient (Wildman–Crippen LogP) is 2.34. The molecule has 0 aliphatic carbocycles. The van der Waals surface area contributed by atoms with Crippen molar-refractivity contribution in [3.8, 4) is 0 Å². The highest BCUT2D eigenvalue weighted by Crippen LogP contribution is 2.20. The number of nitrogens with two attached hydrogens (primary N) is 1. The summed E-state index contributed by atoms with van der Waals surface area (Å²) in [5.41, 5.74) is 6.59. The van der Waals surface area contributed by atoms with E-state index >= 15 is 0 Å². The lowest BCUT2D eigenvalue weighted by Crippen LogP contribution is -2.43. The van der Waals surface area contributed by atoms with Crippen LogP contribution >= 0.6 is 11.6 Å². The highest BCUT2D eigenvalue weighted by molar-refractivity contribution is 6.33. The number of carbonyl (C=O) groups excluding carboxylic acids is 3. The van der Waals surface area contributed by atoms with Crippen molar-refractivity contribution in [2.75, 3.05) is 24.2 Å². The van der Waals surface area contributed by atoms with Crippen molar-refractivity contribution < 1.29 is 14.4 Å². The summed E-state index contributed by atoms with van der Waals surface area (Å²) < 4.78 is 0. The van der Waals surface area contributed by atoms with E-state index in [0.717, 1.165) is 0 Å². The molecule has 0 radical (unpaired) electrons. The molecule has 0 aromatic heterocycles. The molecule has 0 aliphatic heterocycles. The van der Waals surface area contributed by atoms with E-state index in [2.05, 4.69) is 10.6 Å². The zero-order valence-electron chi connectivity index (χ0n) is 15.0. The Balaban J connectivity index is 1.90. The van der Waals surface area contributed by atoms with Gasteiger partial charge in [0, 0.05) is 11.3 Å². The van der Waals surface area contributed by atoms with Crippen molar-refractivity contribution in [3.05, 3.63) is 59.1 Å². The van der Waals surface area contributed by atoms with Crippen molar-refractivity contribution in [2.24, 2.45) is 5.73 Å². The first-order valence-corrected chi connectivity index (χ1v) is 8.61. The van der Waals surface area contributed by atoms with Gasteiger partial charge >= 0.3 is 0 Å². The Morgan fingerprint density at radius 2 is 1.70 bits per heavy atom. The van der Waals surface area contributed by atoms with E-state index in [0.29, 0.717) is 22.0 Å². The van der Waals surface area contributed by atoms with E-state index in [1.807, 2.05) is 0 Å². The molecule has 0 fully saturated rings. The van der Waals surface area contributed by atoms with Gasteiger partial charge in [-0.25, -0.2) is 0 Å². The summed E-state index contributed by atoms with van der Waals surface area (Å²) in [7, 11) is 1.67. The second-order valence-corrected chi connectivity index (χ2v) is 6.46. The standard InChI is InChI=1S/C19H21ClN4O3/c1-12(19(27)22-14-9-7-13(8-10-14)18(21)26)24(2)11-17(25)23-16-6-4-3-5-15(16)20/h3-10,12H,11H2,1-2H3,(H2,21,26)(H,22,27)(H,23,25)/t12-/m1/s1. The molecule has 1 atom stereocenters. The van der Waals surface area contributed by atoms with Crippen LogP contribution in [0.3, 0.4) is 0 Å². The highest BCUT2D eigenvalue weighted by atomic mass is 35.5. The first-order chi connectivity index (χ1) is 12.8. The molecule has 0 bridgehead atoms. The van der Waals surface area contributed by atoms with E-state index in [1.165, 1.54) is 12.1 Å². The third-order valence-corrected chi connectivity index (χ3v) is 4.35. The summed E-state index contributed by atoms with van der Waals surface area (Å²) in [6, 6.07) is 12.6. The van der Waals surface area contributed by atoms with Crippen LogP contribution in [-0.4, -0.2) is 42.3 Å². The smallest absolute Gasteiger partial charge is 0.248 e. The van der Waals surface area contributed by atoms with Crippen LogP contribution in [0, 0.1) is 0 Å². The lowest BCUT2D eigenvalue weighted by molar-refractivity contribution is -0.122. The second-order valence-electron chi connectivity index (χ2n) is 6.05. The van der Waals surface area contributed by atoms with Crippen molar-refractivity contribution in [1.82, 2.24) is 4.90 Å². The van der Waals surface area contributed by atoms with Gasteiger partial charge in [0.15, 0.2) is 0 Å². The van der Waals surface area contributed by atoms with Crippen LogP contribution in [0.5, 0.6) is 0 Å². The van der Waals surface area contributed by atoms with E-state index in [1.54, 1.807) is 55.3 Å². The maximum absolute atomic E-state index is 12.4. The number of nitrogens with one attached hydrogen (secondary N) is 2. The van der Waals surface area contributed by atoms with Crippen LogP contribution in [0.2, 0.25) is 5.02 Å². The molecular formula is C19H21ClN4O3. The molecule has 3 amide bonds. The zero-order valence-corrected chi connectivity index (χ0v) is 15.8. The average molecular weight is 389 g/mol. The van der Waals surface area contributed by atoms with E-state index in [-0.39, 0.29) is 18.4 Å². The van der Waals surface area contributed by atoms with E-state index in [9.17, 15) is 14.4 Å². The molecule has 0 saturated carbocycles. The largest absolute Gasteiger partial charge is 0.366 e. The fraction of sp³-hybridized carbons (Fsp3) is 0.211. The predicted molar refractivity (Wildman–Crippen MR) is 106 cm³/mol. The summed E-state index contributed by atoms with van der Waals surface area (Å²) in [5.74, 6) is -1.10. The van der Waals surface area contributed by atoms with Gasteiger partial charge in [-0.05, 0) is 50.4 Å². The maximum atomic E-state index is 12.4. The first-order valence-electron chi connectivity index (χ1n) is 8.23. The van der Waals surface area contributed by atoms with Gasteiger partial charge in [-0.2, -0.15) is 0 Å². The van der Waals surface area contributed by atoms with Crippen LogP contribution in [0.15, 0.2) is 48.5 Å². The molecule has 27 heavy (non-hydrogen) atoms. The molecule has 2 aromatic carbocycles. The van der Waals surface area contributed by atoms with Gasteiger partial charge in [0.2, 0.25) is 17.7 Å². The summed E-state index contributed by atoms with van der Waals surface area (Å²) in [5, 5.41) is 5.89. The Hall–Kier alpha value is -2.90. The number of likely N-dealkylation sites (N-methyl/N-ethyl adjacent to an activating group) is 1. The minimum atomic E-state index is -0.558. The molecule has 8 heteroatoms. The Morgan fingerprint density at radius 1 is 1.07 bits per heavy atom. The lowest BCUT2D eigenvalue weighted by Gasteiger charge is -2.23. The Morgan fingerprint density at radius 3 is 2.30 bits per heavy atom. The molecule has 0 heterocycles. The number of hydrogen-bond donors (Lipinski definition) is 3. The third kappa shape index (κ3) is 5.80. The van der Waals surface area contributed by atoms with Crippen LogP contribution in [0.1, 0.15) is 17.3 Å². The number of hydrogen-bond acceptors (Lipinski definition) is 4. The van der Waals surface area contributed by atoms with Gasteiger partial charge in [0.05, 0.1) is 23.3 Å². The van der Waals surface area contributed by atoms with Crippen molar-refractivity contribution in [3.63, 3.8) is 0 Å². The number of benzene rings is 2. The van der Waals surface area contributed by atoms with Gasteiger partial charge in [-0.1, -0.05) is 23.7 Å². The number of primary amides is 1. The maximum Gasteiger partial charge on any atom is 0.248 e. The summed E-state index contributed by atoms with van der Waals surface area (Å²) in [4.78, 5) is 37.2. The highest BCUT2D eigenvalue weighted by Gasteiger charge is 2.20. The van der Waals surface area contributed by atoms with Crippen LogP contribution in [0.4, 0.5) is 11.4 Å². The van der Waals surface area contributed by atoms with Gasteiger partial charge < -0.3 is 16.4 Å². The summed E-state index contributed by atoms with van der Waals surface area (Å²) in [6.45, 7) is 1.70. The van der Waals surface area contributed by atoms with Crippen molar-refractivity contribution >= 4 is 40.7 Å². The van der Waals surface area contributed by atoms with Gasteiger partial charge in [-0.3, -0.25) is 19.3 Å². The number of halogens is 1.